The predicted molar refractivity (Wildman–Crippen MR) is 118 cm³/mol. The first-order valence-corrected chi connectivity index (χ1v) is 10.6. The average Bonchev–Trinajstić information content (AvgIpc) is 3.30. The predicted octanol–water partition coefficient (Wildman–Crippen LogP) is 4.15. The van der Waals surface area contributed by atoms with E-state index in [2.05, 4.69) is 22.0 Å². The Kier molecular flexibility index (Phi) is 4.81. The van der Waals surface area contributed by atoms with Crippen LogP contribution in [0.2, 0.25) is 0 Å². The third-order valence-electron chi connectivity index (χ3n) is 6.52. The topological polar surface area (TPSA) is 95.2 Å². The Morgan fingerprint density at radius 2 is 2.03 bits per heavy atom. The van der Waals surface area contributed by atoms with E-state index in [1.807, 2.05) is 30.5 Å². The summed E-state index contributed by atoms with van der Waals surface area (Å²) in [5, 5.41) is 4.96. The first kappa shape index (κ1) is 19.8. The largest absolute Gasteiger partial charge is 0.496 e. The van der Waals surface area contributed by atoms with Crippen LogP contribution in [0.15, 0.2) is 27.6 Å². The van der Waals surface area contributed by atoms with E-state index in [1.54, 1.807) is 13.3 Å². The molecule has 3 aromatic heterocycles. The van der Waals surface area contributed by atoms with Crippen molar-refractivity contribution in [1.29, 1.82) is 0 Å². The van der Waals surface area contributed by atoms with Gasteiger partial charge < -0.3 is 19.0 Å². The van der Waals surface area contributed by atoms with Crippen molar-refractivity contribution in [2.75, 3.05) is 20.3 Å². The molecular weight excluding hydrogens is 396 g/mol. The monoisotopic (exact) mass is 422 g/mol. The van der Waals surface area contributed by atoms with Gasteiger partial charge in [0.05, 0.1) is 41.1 Å². The molecule has 31 heavy (non-hydrogen) atoms. The van der Waals surface area contributed by atoms with Gasteiger partial charge in [-0.2, -0.15) is 0 Å². The molecule has 8 heteroatoms. The lowest BCUT2D eigenvalue weighted by Gasteiger charge is -2.28. The second-order valence-corrected chi connectivity index (χ2v) is 8.28. The zero-order valence-electron chi connectivity index (χ0n) is 18.2. The molecule has 1 saturated heterocycles. The number of hydrogen-bond donors (Lipinski definition) is 1. The summed E-state index contributed by atoms with van der Waals surface area (Å²) >= 11 is 0. The van der Waals surface area contributed by atoms with Crippen molar-refractivity contribution in [2.24, 2.45) is 5.92 Å². The highest BCUT2D eigenvalue weighted by molar-refractivity contribution is 6.04. The molecule has 1 aromatic carbocycles. The van der Waals surface area contributed by atoms with E-state index in [1.165, 1.54) is 0 Å². The van der Waals surface area contributed by atoms with E-state index in [9.17, 15) is 4.79 Å². The molecule has 0 amide bonds. The zero-order valence-corrected chi connectivity index (χ0v) is 18.2. The first-order valence-electron chi connectivity index (χ1n) is 10.6. The number of ether oxygens (including phenoxy) is 2. The van der Waals surface area contributed by atoms with Crippen LogP contribution >= 0.6 is 0 Å². The molecule has 0 radical (unpaired) electrons. The fourth-order valence-electron chi connectivity index (χ4n) is 4.86. The summed E-state index contributed by atoms with van der Waals surface area (Å²) in [5.74, 6) is 1.80. The molecule has 0 bridgehead atoms. The number of fused-ring (bicyclic) bond motifs is 3. The number of aryl methyl sites for hydroxylation is 2. The number of rotatable bonds is 4. The molecule has 1 N–H and O–H groups in total. The van der Waals surface area contributed by atoms with E-state index >= 15 is 0 Å². The van der Waals surface area contributed by atoms with E-state index in [4.69, 9.17) is 14.0 Å². The van der Waals surface area contributed by atoms with E-state index < -0.39 is 0 Å². The molecule has 4 aromatic rings. The smallest absolute Gasteiger partial charge is 0.326 e. The maximum atomic E-state index is 13.0. The number of aromatic nitrogens is 4. The lowest BCUT2D eigenvalue weighted by molar-refractivity contribution is 0.0515. The van der Waals surface area contributed by atoms with Crippen LogP contribution in [0.5, 0.6) is 5.75 Å². The number of nitrogens with zero attached hydrogens (tertiary/aromatic N) is 3. The standard InChI is InChI=1S/C23H26N4O4/c1-12-21(14(3)31-26-12)17-9-18-16(10-20(17)29-4)22-19(11-24-18)25-23(28)27(22)13(2)15-5-7-30-8-6-15/h9-11,13,15H,5-8H2,1-4H3,(H,25,28). The van der Waals surface area contributed by atoms with Gasteiger partial charge in [-0.3, -0.25) is 9.55 Å². The summed E-state index contributed by atoms with van der Waals surface area (Å²) in [7, 11) is 1.64. The van der Waals surface area contributed by atoms with Gasteiger partial charge >= 0.3 is 5.69 Å². The van der Waals surface area contributed by atoms with Crippen molar-refractivity contribution >= 4 is 21.9 Å². The molecule has 4 heterocycles. The van der Waals surface area contributed by atoms with Crippen LogP contribution in [-0.4, -0.2) is 40.0 Å². The van der Waals surface area contributed by atoms with Gasteiger partial charge in [-0.15, -0.1) is 0 Å². The summed E-state index contributed by atoms with van der Waals surface area (Å²) in [5.41, 5.74) is 4.83. The molecule has 1 unspecified atom stereocenters. The Morgan fingerprint density at radius 1 is 1.26 bits per heavy atom. The van der Waals surface area contributed by atoms with Crippen molar-refractivity contribution in [3.63, 3.8) is 0 Å². The molecular formula is C23H26N4O4. The second kappa shape index (κ2) is 7.53. The van der Waals surface area contributed by atoms with Crippen LogP contribution in [0.1, 0.15) is 37.3 Å². The number of imidazole rings is 1. The van der Waals surface area contributed by atoms with Gasteiger partial charge in [0.15, 0.2) is 0 Å². The Labute approximate surface area is 179 Å². The van der Waals surface area contributed by atoms with Crippen molar-refractivity contribution in [2.45, 2.75) is 39.7 Å². The van der Waals surface area contributed by atoms with E-state index in [0.29, 0.717) is 11.7 Å². The fraction of sp³-hybridized carbons (Fsp3) is 0.435. The Morgan fingerprint density at radius 3 is 2.71 bits per heavy atom. The minimum Gasteiger partial charge on any atom is -0.496 e. The van der Waals surface area contributed by atoms with Gasteiger partial charge in [-0.1, -0.05) is 5.16 Å². The lowest BCUT2D eigenvalue weighted by atomic mass is 9.92. The average molecular weight is 422 g/mol. The number of methoxy groups -OCH3 is 1. The molecule has 1 aliphatic rings. The second-order valence-electron chi connectivity index (χ2n) is 8.28. The minimum absolute atomic E-state index is 0.0454. The maximum absolute atomic E-state index is 13.0. The molecule has 1 atom stereocenters. The summed E-state index contributed by atoms with van der Waals surface area (Å²) in [6, 6.07) is 4.00. The number of hydrogen-bond acceptors (Lipinski definition) is 6. The van der Waals surface area contributed by atoms with Crippen LogP contribution in [0.25, 0.3) is 33.1 Å². The number of pyridine rings is 1. The molecule has 1 aliphatic heterocycles. The van der Waals surface area contributed by atoms with Crippen molar-refractivity contribution < 1.29 is 14.0 Å². The summed E-state index contributed by atoms with van der Waals surface area (Å²) in [6.45, 7) is 7.39. The maximum Gasteiger partial charge on any atom is 0.326 e. The Bertz CT molecular complexity index is 1310. The Balaban J connectivity index is 1.76. The van der Waals surface area contributed by atoms with Gasteiger partial charge in [0.25, 0.3) is 0 Å². The van der Waals surface area contributed by atoms with Gasteiger partial charge in [0, 0.05) is 30.2 Å². The SMILES string of the molecule is COc1cc2c(cc1-c1c(C)noc1C)ncc1[nH]c(=O)n(C(C)C3CCOCC3)c12. The van der Waals surface area contributed by atoms with Crippen molar-refractivity contribution in [3.8, 4) is 16.9 Å². The third kappa shape index (κ3) is 3.13. The van der Waals surface area contributed by atoms with Crippen LogP contribution < -0.4 is 10.4 Å². The van der Waals surface area contributed by atoms with Crippen LogP contribution in [0, 0.1) is 19.8 Å². The molecule has 0 aliphatic carbocycles. The Hall–Kier alpha value is -3.13. The van der Waals surface area contributed by atoms with Crippen LogP contribution in [0.4, 0.5) is 0 Å². The third-order valence-corrected chi connectivity index (χ3v) is 6.52. The van der Waals surface area contributed by atoms with Crippen LogP contribution in [0.3, 0.4) is 0 Å². The lowest BCUT2D eigenvalue weighted by Crippen LogP contribution is -2.29. The summed E-state index contributed by atoms with van der Waals surface area (Å²) < 4.78 is 18.5. The van der Waals surface area contributed by atoms with Crippen LogP contribution in [-0.2, 0) is 4.74 Å². The fourth-order valence-corrected chi connectivity index (χ4v) is 4.86. The number of nitrogens with one attached hydrogen (secondary N) is 1. The van der Waals surface area contributed by atoms with Gasteiger partial charge in [-0.25, -0.2) is 4.79 Å². The molecule has 0 saturated carbocycles. The van der Waals surface area contributed by atoms with E-state index in [0.717, 1.165) is 70.6 Å². The van der Waals surface area contributed by atoms with Gasteiger partial charge in [-0.05, 0) is 51.7 Å². The molecule has 0 spiro atoms. The normalized spacial score (nSPS) is 16.3. The molecule has 1 fully saturated rings. The zero-order chi connectivity index (χ0) is 21.7. The van der Waals surface area contributed by atoms with Gasteiger partial charge in [0.2, 0.25) is 0 Å². The van der Waals surface area contributed by atoms with Gasteiger partial charge in [0.1, 0.15) is 11.5 Å². The summed E-state index contributed by atoms with van der Waals surface area (Å²) in [4.78, 5) is 20.6. The highest BCUT2D eigenvalue weighted by Gasteiger charge is 2.26. The quantitative estimate of drug-likeness (QED) is 0.531. The highest BCUT2D eigenvalue weighted by atomic mass is 16.5. The number of aromatic amines is 1. The molecule has 5 rings (SSSR count). The number of benzene rings is 1. The minimum atomic E-state index is -0.114. The van der Waals surface area contributed by atoms with Crippen molar-refractivity contribution in [3.05, 3.63) is 40.3 Å². The highest BCUT2D eigenvalue weighted by Crippen LogP contribution is 2.39. The molecule has 162 valence electrons. The molecule has 8 nitrogen and oxygen atoms in total. The number of H-pyrrole nitrogens is 1. The van der Waals surface area contributed by atoms with Crippen molar-refractivity contribution in [1.82, 2.24) is 19.7 Å². The first-order chi connectivity index (χ1) is 15.0. The summed E-state index contributed by atoms with van der Waals surface area (Å²) in [6.07, 6.45) is 3.63. The van der Waals surface area contributed by atoms with E-state index in [-0.39, 0.29) is 11.7 Å².